The molecule has 1 N–H and O–H groups in total. The quantitative estimate of drug-likeness (QED) is 0.821. The van der Waals surface area contributed by atoms with Gasteiger partial charge < -0.3 is 10.0 Å². The fourth-order valence-electron chi connectivity index (χ4n) is 3.91. The van der Waals surface area contributed by atoms with E-state index in [2.05, 4.69) is 43.1 Å². The fourth-order valence-corrected chi connectivity index (χ4v) is 3.91. The lowest BCUT2D eigenvalue weighted by Crippen LogP contribution is -2.44. The van der Waals surface area contributed by atoms with Crippen molar-refractivity contribution < 1.29 is 5.11 Å². The molecule has 18 heavy (non-hydrogen) atoms. The molecule has 1 heterocycles. The van der Waals surface area contributed by atoms with E-state index < -0.39 is 5.60 Å². The number of fused-ring (bicyclic) bond motifs is 1. The third-order valence-corrected chi connectivity index (χ3v) is 5.07. The number of benzene rings is 1. The monoisotopic (exact) mass is 245 g/mol. The van der Waals surface area contributed by atoms with Crippen LogP contribution in [0.4, 0.5) is 0 Å². The summed E-state index contributed by atoms with van der Waals surface area (Å²) < 4.78 is 0. The fraction of sp³-hybridized carbons (Fsp3) is 0.625. The molecule has 1 aromatic carbocycles. The maximum atomic E-state index is 11.3. The summed E-state index contributed by atoms with van der Waals surface area (Å²) in [6, 6.07) is 8.47. The zero-order valence-corrected chi connectivity index (χ0v) is 11.4. The van der Waals surface area contributed by atoms with Gasteiger partial charge in [-0.2, -0.15) is 0 Å². The van der Waals surface area contributed by atoms with E-state index in [1.165, 1.54) is 11.1 Å². The van der Waals surface area contributed by atoms with Gasteiger partial charge in [0.25, 0.3) is 0 Å². The zero-order chi connectivity index (χ0) is 12.8. The molecule has 2 heteroatoms. The SMILES string of the molecule is CC1Cc2ccccc2C1(O)C1CCN(C)CC1. The van der Waals surface area contributed by atoms with E-state index in [-0.39, 0.29) is 0 Å². The molecule has 1 aromatic rings. The Morgan fingerprint density at radius 2 is 1.89 bits per heavy atom. The van der Waals surface area contributed by atoms with Crippen molar-refractivity contribution in [1.29, 1.82) is 0 Å². The Hall–Kier alpha value is -0.860. The lowest BCUT2D eigenvalue weighted by molar-refractivity contribution is -0.0779. The van der Waals surface area contributed by atoms with Gasteiger partial charge in [0.05, 0.1) is 5.60 Å². The van der Waals surface area contributed by atoms with Crippen molar-refractivity contribution in [3.63, 3.8) is 0 Å². The second kappa shape index (κ2) is 4.36. The van der Waals surface area contributed by atoms with Gasteiger partial charge >= 0.3 is 0 Å². The molecule has 1 aliphatic carbocycles. The van der Waals surface area contributed by atoms with E-state index in [4.69, 9.17) is 0 Å². The number of nitrogens with zero attached hydrogens (tertiary/aromatic N) is 1. The van der Waals surface area contributed by atoms with Crippen LogP contribution in [0, 0.1) is 11.8 Å². The second-order valence-corrected chi connectivity index (χ2v) is 6.17. The van der Waals surface area contributed by atoms with Crippen LogP contribution in [0.25, 0.3) is 0 Å². The smallest absolute Gasteiger partial charge is 0.0956 e. The highest BCUT2D eigenvalue weighted by Gasteiger charge is 2.48. The maximum absolute atomic E-state index is 11.3. The first-order valence-corrected chi connectivity index (χ1v) is 7.11. The Bertz CT molecular complexity index is 436. The van der Waals surface area contributed by atoms with Crippen LogP contribution >= 0.6 is 0 Å². The van der Waals surface area contributed by atoms with Crippen LogP contribution in [0.5, 0.6) is 0 Å². The third-order valence-electron chi connectivity index (χ3n) is 5.07. The zero-order valence-electron chi connectivity index (χ0n) is 11.4. The predicted octanol–water partition coefficient (Wildman–Crippen LogP) is 2.41. The van der Waals surface area contributed by atoms with Crippen molar-refractivity contribution in [3.05, 3.63) is 35.4 Å². The van der Waals surface area contributed by atoms with Crippen LogP contribution in [0.2, 0.25) is 0 Å². The minimum Gasteiger partial charge on any atom is -0.385 e. The van der Waals surface area contributed by atoms with Crippen molar-refractivity contribution in [2.24, 2.45) is 11.8 Å². The predicted molar refractivity (Wildman–Crippen MR) is 73.4 cm³/mol. The first kappa shape index (κ1) is 12.2. The highest BCUT2D eigenvalue weighted by Crippen LogP contribution is 2.49. The molecule has 0 bridgehead atoms. The van der Waals surface area contributed by atoms with Crippen molar-refractivity contribution in [2.75, 3.05) is 20.1 Å². The molecular weight excluding hydrogens is 222 g/mol. The topological polar surface area (TPSA) is 23.5 Å². The summed E-state index contributed by atoms with van der Waals surface area (Å²) in [6.07, 6.45) is 3.26. The van der Waals surface area contributed by atoms with Gasteiger partial charge in [0, 0.05) is 0 Å². The van der Waals surface area contributed by atoms with Gasteiger partial charge in [0.2, 0.25) is 0 Å². The summed E-state index contributed by atoms with van der Waals surface area (Å²) in [5, 5.41) is 11.3. The molecular formula is C16H23NO. The number of aliphatic hydroxyl groups is 1. The van der Waals surface area contributed by atoms with Gasteiger partial charge in [-0.3, -0.25) is 0 Å². The minimum atomic E-state index is -0.585. The Labute approximate surface area is 110 Å². The normalized spacial score (nSPS) is 33.6. The average molecular weight is 245 g/mol. The van der Waals surface area contributed by atoms with E-state index in [1.807, 2.05) is 0 Å². The largest absolute Gasteiger partial charge is 0.385 e. The second-order valence-electron chi connectivity index (χ2n) is 6.17. The first-order chi connectivity index (χ1) is 8.62. The van der Waals surface area contributed by atoms with Gasteiger partial charge in [-0.1, -0.05) is 31.2 Å². The molecule has 0 aromatic heterocycles. The van der Waals surface area contributed by atoms with E-state index in [0.29, 0.717) is 11.8 Å². The molecule has 2 unspecified atom stereocenters. The molecule has 0 saturated carbocycles. The van der Waals surface area contributed by atoms with Crippen LogP contribution in [0.3, 0.4) is 0 Å². The summed E-state index contributed by atoms with van der Waals surface area (Å²) >= 11 is 0. The van der Waals surface area contributed by atoms with Gasteiger partial charge in [0.1, 0.15) is 0 Å². The highest BCUT2D eigenvalue weighted by atomic mass is 16.3. The molecule has 98 valence electrons. The van der Waals surface area contributed by atoms with Crippen LogP contribution in [-0.2, 0) is 12.0 Å². The standard InChI is InChI=1S/C16H23NO/c1-12-11-13-5-3-4-6-15(13)16(12,18)14-7-9-17(2)10-8-14/h3-6,12,14,18H,7-11H2,1-2H3. The summed E-state index contributed by atoms with van der Waals surface area (Å²) in [7, 11) is 2.17. The van der Waals surface area contributed by atoms with Gasteiger partial charge in [-0.25, -0.2) is 0 Å². The molecule has 0 amide bonds. The van der Waals surface area contributed by atoms with Crippen molar-refractivity contribution in [1.82, 2.24) is 4.90 Å². The van der Waals surface area contributed by atoms with Crippen LogP contribution < -0.4 is 0 Å². The number of likely N-dealkylation sites (tertiary alicyclic amines) is 1. The van der Waals surface area contributed by atoms with Gasteiger partial charge in [-0.15, -0.1) is 0 Å². The summed E-state index contributed by atoms with van der Waals surface area (Å²) in [5.74, 6) is 0.774. The van der Waals surface area contributed by atoms with E-state index in [9.17, 15) is 5.11 Å². The number of hydrogen-bond donors (Lipinski definition) is 1. The van der Waals surface area contributed by atoms with Crippen LogP contribution in [0.1, 0.15) is 30.9 Å². The Morgan fingerprint density at radius 1 is 1.22 bits per heavy atom. The van der Waals surface area contributed by atoms with E-state index in [0.717, 1.165) is 32.4 Å². The molecule has 2 aliphatic rings. The van der Waals surface area contributed by atoms with Crippen LogP contribution in [0.15, 0.2) is 24.3 Å². The Morgan fingerprint density at radius 3 is 2.61 bits per heavy atom. The average Bonchev–Trinajstić information content (AvgIpc) is 2.64. The lowest BCUT2D eigenvalue weighted by Gasteiger charge is -2.41. The number of rotatable bonds is 1. The van der Waals surface area contributed by atoms with Crippen molar-refractivity contribution >= 4 is 0 Å². The van der Waals surface area contributed by atoms with Crippen LogP contribution in [-0.4, -0.2) is 30.1 Å². The van der Waals surface area contributed by atoms with E-state index >= 15 is 0 Å². The Balaban J connectivity index is 1.94. The minimum absolute atomic E-state index is 0.350. The molecule has 1 fully saturated rings. The van der Waals surface area contributed by atoms with Crippen molar-refractivity contribution in [3.8, 4) is 0 Å². The van der Waals surface area contributed by atoms with Crippen molar-refractivity contribution in [2.45, 2.75) is 31.8 Å². The summed E-state index contributed by atoms with van der Waals surface area (Å²) in [6.45, 7) is 4.43. The highest BCUT2D eigenvalue weighted by molar-refractivity contribution is 5.39. The maximum Gasteiger partial charge on any atom is 0.0956 e. The molecule has 3 rings (SSSR count). The van der Waals surface area contributed by atoms with E-state index in [1.54, 1.807) is 0 Å². The number of hydrogen-bond acceptors (Lipinski definition) is 2. The first-order valence-electron chi connectivity index (χ1n) is 7.11. The summed E-state index contributed by atoms with van der Waals surface area (Å²) in [5.41, 5.74) is 1.97. The molecule has 2 atom stereocenters. The lowest BCUT2D eigenvalue weighted by atomic mass is 9.73. The van der Waals surface area contributed by atoms with Gasteiger partial charge in [0.15, 0.2) is 0 Å². The number of piperidine rings is 1. The third kappa shape index (κ3) is 1.70. The summed E-state index contributed by atoms with van der Waals surface area (Å²) in [4.78, 5) is 2.37. The molecule has 0 spiro atoms. The molecule has 2 nitrogen and oxygen atoms in total. The molecule has 1 aliphatic heterocycles. The van der Waals surface area contributed by atoms with Gasteiger partial charge in [-0.05, 0) is 62.4 Å². The molecule has 1 saturated heterocycles. The Kier molecular flexibility index (Phi) is 2.95. The molecule has 0 radical (unpaired) electrons.